The average molecular weight is 298 g/mol. The van der Waals surface area contributed by atoms with Gasteiger partial charge in [0, 0.05) is 17.9 Å². The van der Waals surface area contributed by atoms with Crippen molar-refractivity contribution in [1.82, 2.24) is 5.32 Å². The summed E-state index contributed by atoms with van der Waals surface area (Å²) < 4.78 is 0. The first-order valence-corrected chi connectivity index (χ1v) is 8.74. The second kappa shape index (κ2) is 8.92. The molecule has 0 aliphatic rings. The van der Waals surface area contributed by atoms with Gasteiger partial charge in [-0.25, -0.2) is 0 Å². The number of nitrogens with one attached hydrogen (secondary N) is 1. The second-order valence-corrected chi connectivity index (χ2v) is 8.54. The molecule has 0 heterocycles. The van der Waals surface area contributed by atoms with Crippen LogP contribution in [0.1, 0.15) is 75.2 Å². The van der Waals surface area contributed by atoms with Crippen LogP contribution in [0.15, 0.2) is 0 Å². The van der Waals surface area contributed by atoms with E-state index in [0.717, 1.165) is 13.0 Å². The molecule has 0 amide bonds. The van der Waals surface area contributed by atoms with Crippen molar-refractivity contribution in [2.75, 3.05) is 6.54 Å². The number of carbonyl (C=O) groups is 1. The molecule has 0 aliphatic heterocycles. The van der Waals surface area contributed by atoms with E-state index in [1.165, 1.54) is 6.42 Å². The third kappa shape index (κ3) is 7.99. The third-order valence-corrected chi connectivity index (χ3v) is 4.52. The lowest BCUT2D eigenvalue weighted by atomic mass is 9.69. The molecule has 0 saturated carbocycles. The summed E-state index contributed by atoms with van der Waals surface area (Å²) in [5.74, 6) is 2.02. The SMILES string of the molecule is CC(C)CC(CNC(C)C)C(C)(C)CC(C)C(=O)C(C)C. The van der Waals surface area contributed by atoms with Gasteiger partial charge in [0.25, 0.3) is 0 Å². The van der Waals surface area contributed by atoms with Crippen molar-refractivity contribution < 1.29 is 4.79 Å². The molecule has 0 bridgehead atoms. The summed E-state index contributed by atoms with van der Waals surface area (Å²) in [6.45, 7) is 20.8. The van der Waals surface area contributed by atoms with Crippen molar-refractivity contribution in [3.8, 4) is 0 Å². The van der Waals surface area contributed by atoms with Crippen molar-refractivity contribution in [2.24, 2.45) is 29.1 Å². The minimum Gasteiger partial charge on any atom is -0.314 e. The molecule has 0 aromatic rings. The van der Waals surface area contributed by atoms with Crippen molar-refractivity contribution in [2.45, 2.75) is 81.2 Å². The molecule has 2 nitrogen and oxygen atoms in total. The van der Waals surface area contributed by atoms with Gasteiger partial charge in [-0.05, 0) is 36.6 Å². The van der Waals surface area contributed by atoms with E-state index >= 15 is 0 Å². The Balaban J connectivity index is 4.85. The van der Waals surface area contributed by atoms with E-state index in [4.69, 9.17) is 0 Å². The highest BCUT2D eigenvalue weighted by Gasteiger charge is 2.33. The number of ketones is 1. The van der Waals surface area contributed by atoms with Crippen LogP contribution in [0.2, 0.25) is 0 Å². The fraction of sp³-hybridized carbons (Fsp3) is 0.947. The van der Waals surface area contributed by atoms with E-state index in [9.17, 15) is 4.79 Å². The average Bonchev–Trinajstić information content (AvgIpc) is 2.31. The zero-order chi connectivity index (χ0) is 16.8. The maximum atomic E-state index is 12.2. The quantitative estimate of drug-likeness (QED) is 0.620. The third-order valence-electron chi connectivity index (χ3n) is 4.52. The molecule has 0 aromatic heterocycles. The number of hydrogen-bond acceptors (Lipinski definition) is 2. The molecule has 2 heteroatoms. The van der Waals surface area contributed by atoms with Crippen molar-refractivity contribution in [3.05, 3.63) is 0 Å². The van der Waals surface area contributed by atoms with E-state index in [0.29, 0.717) is 23.7 Å². The Morgan fingerprint density at radius 3 is 1.90 bits per heavy atom. The minimum atomic E-state index is 0.146. The number of hydrogen-bond donors (Lipinski definition) is 1. The maximum Gasteiger partial charge on any atom is 0.138 e. The lowest BCUT2D eigenvalue weighted by Crippen LogP contribution is -2.39. The monoisotopic (exact) mass is 297 g/mol. The van der Waals surface area contributed by atoms with Gasteiger partial charge in [0.1, 0.15) is 5.78 Å². The standard InChI is InChI=1S/C19H39NO/c1-13(2)10-17(12-20-15(5)6)19(8,9)11-16(7)18(21)14(3)4/h13-17,20H,10-12H2,1-9H3. The summed E-state index contributed by atoms with van der Waals surface area (Å²) in [6, 6.07) is 0.519. The molecule has 0 spiro atoms. The van der Waals surface area contributed by atoms with E-state index in [2.05, 4.69) is 53.8 Å². The van der Waals surface area contributed by atoms with E-state index in [1.54, 1.807) is 0 Å². The van der Waals surface area contributed by atoms with Gasteiger partial charge in [-0.1, -0.05) is 62.3 Å². The number of Topliss-reactive ketones (excluding diaryl/α,β-unsaturated/α-hetero) is 1. The molecule has 2 unspecified atom stereocenters. The Morgan fingerprint density at radius 2 is 1.52 bits per heavy atom. The van der Waals surface area contributed by atoms with Gasteiger partial charge in [0.2, 0.25) is 0 Å². The molecule has 0 fully saturated rings. The van der Waals surface area contributed by atoms with Crippen LogP contribution in [0.3, 0.4) is 0 Å². The van der Waals surface area contributed by atoms with Crippen LogP contribution < -0.4 is 5.32 Å². The zero-order valence-corrected chi connectivity index (χ0v) is 15.9. The van der Waals surface area contributed by atoms with Crippen molar-refractivity contribution >= 4 is 5.78 Å². The predicted molar refractivity (Wildman–Crippen MR) is 93.5 cm³/mol. The highest BCUT2D eigenvalue weighted by Crippen LogP contribution is 2.38. The first-order chi connectivity index (χ1) is 9.47. The Labute approximate surface area is 133 Å². The second-order valence-electron chi connectivity index (χ2n) is 8.54. The molecule has 21 heavy (non-hydrogen) atoms. The van der Waals surface area contributed by atoms with Crippen molar-refractivity contribution in [1.29, 1.82) is 0 Å². The summed E-state index contributed by atoms with van der Waals surface area (Å²) >= 11 is 0. The molecule has 1 N–H and O–H groups in total. The van der Waals surface area contributed by atoms with Gasteiger partial charge in [-0.15, -0.1) is 0 Å². The summed E-state index contributed by atoms with van der Waals surface area (Å²) in [6.07, 6.45) is 2.20. The fourth-order valence-corrected chi connectivity index (χ4v) is 3.25. The summed E-state index contributed by atoms with van der Waals surface area (Å²) in [4.78, 5) is 12.2. The van der Waals surface area contributed by atoms with Gasteiger partial charge >= 0.3 is 0 Å². The lowest BCUT2D eigenvalue weighted by Gasteiger charge is -2.38. The molecule has 2 atom stereocenters. The Morgan fingerprint density at radius 1 is 1.00 bits per heavy atom. The van der Waals surface area contributed by atoms with E-state index in [1.807, 2.05) is 13.8 Å². The summed E-state index contributed by atoms with van der Waals surface area (Å²) in [5.41, 5.74) is 0.191. The van der Waals surface area contributed by atoms with Crippen LogP contribution in [0.25, 0.3) is 0 Å². The fourth-order valence-electron chi connectivity index (χ4n) is 3.25. The molecule has 0 aliphatic carbocycles. The van der Waals surface area contributed by atoms with Crippen molar-refractivity contribution in [3.63, 3.8) is 0 Å². The predicted octanol–water partition coefficient (Wildman–Crippen LogP) is 4.92. The number of carbonyl (C=O) groups excluding carboxylic acids is 1. The van der Waals surface area contributed by atoms with Crippen LogP contribution in [-0.4, -0.2) is 18.4 Å². The highest BCUT2D eigenvalue weighted by atomic mass is 16.1. The normalized spacial score (nSPS) is 15.8. The van der Waals surface area contributed by atoms with Crippen LogP contribution in [0.4, 0.5) is 0 Å². The van der Waals surface area contributed by atoms with Crippen LogP contribution >= 0.6 is 0 Å². The van der Waals surface area contributed by atoms with Crippen LogP contribution in [-0.2, 0) is 4.79 Å². The Hall–Kier alpha value is -0.370. The molecule has 0 radical (unpaired) electrons. The topological polar surface area (TPSA) is 29.1 Å². The first-order valence-electron chi connectivity index (χ1n) is 8.74. The van der Waals surface area contributed by atoms with Gasteiger partial charge in [0.05, 0.1) is 0 Å². The van der Waals surface area contributed by atoms with Crippen LogP contribution in [0.5, 0.6) is 0 Å². The van der Waals surface area contributed by atoms with Gasteiger partial charge in [-0.3, -0.25) is 4.79 Å². The molecule has 126 valence electrons. The molecule has 0 saturated heterocycles. The summed E-state index contributed by atoms with van der Waals surface area (Å²) in [7, 11) is 0. The molecule has 0 aromatic carbocycles. The molecular weight excluding hydrogens is 258 g/mol. The molecule has 0 rings (SSSR count). The van der Waals surface area contributed by atoms with E-state index < -0.39 is 0 Å². The maximum absolute atomic E-state index is 12.2. The summed E-state index contributed by atoms with van der Waals surface area (Å²) in [5, 5.41) is 3.60. The molecular formula is C19H39NO. The van der Waals surface area contributed by atoms with Crippen LogP contribution in [0, 0.1) is 29.1 Å². The lowest BCUT2D eigenvalue weighted by molar-refractivity contribution is -0.126. The van der Waals surface area contributed by atoms with Gasteiger partial charge in [-0.2, -0.15) is 0 Å². The smallest absolute Gasteiger partial charge is 0.138 e. The number of rotatable bonds is 10. The van der Waals surface area contributed by atoms with Gasteiger partial charge < -0.3 is 5.32 Å². The zero-order valence-electron chi connectivity index (χ0n) is 15.9. The minimum absolute atomic E-state index is 0.146. The highest BCUT2D eigenvalue weighted by molar-refractivity contribution is 5.82. The first kappa shape index (κ1) is 20.6. The van der Waals surface area contributed by atoms with E-state index in [-0.39, 0.29) is 17.3 Å². The Bertz CT molecular complexity index is 305. The Kier molecular flexibility index (Phi) is 8.77. The van der Waals surface area contributed by atoms with Gasteiger partial charge in [0.15, 0.2) is 0 Å². The largest absolute Gasteiger partial charge is 0.314 e.